The summed E-state index contributed by atoms with van der Waals surface area (Å²) < 4.78 is 5.94. The van der Waals surface area contributed by atoms with E-state index in [1.807, 2.05) is 49.4 Å². The highest BCUT2D eigenvalue weighted by molar-refractivity contribution is 6.30. The van der Waals surface area contributed by atoms with Gasteiger partial charge in [0.1, 0.15) is 0 Å². The summed E-state index contributed by atoms with van der Waals surface area (Å²) in [6.07, 6.45) is 1.64. The molecule has 0 aliphatic carbocycles. The molecule has 4 nitrogen and oxygen atoms in total. The Bertz CT molecular complexity index is 1170. The predicted octanol–water partition coefficient (Wildman–Crippen LogP) is 6.81. The molecule has 3 aromatic carbocycles. The van der Waals surface area contributed by atoms with Crippen LogP contribution in [0.25, 0.3) is 22.8 Å². The van der Waals surface area contributed by atoms with Gasteiger partial charge in [0.25, 0.3) is 5.91 Å². The lowest BCUT2D eigenvalue weighted by molar-refractivity contribution is 0.0940. The van der Waals surface area contributed by atoms with Gasteiger partial charge in [0.2, 0.25) is 5.89 Å². The second-order valence-corrected chi connectivity index (χ2v) is 7.70. The molecule has 150 valence electrons. The molecule has 1 N–H and O–H groups in total. The van der Waals surface area contributed by atoms with Crippen LogP contribution in [-0.2, 0) is 0 Å². The molecule has 0 bridgehead atoms. The SMILES string of the molecule is C[C@@H](NC(=O)c1ccccc1-c1ncc(-c2ccc(Cl)cc2)o1)c1ccc(Cl)cc1. The predicted molar refractivity (Wildman–Crippen MR) is 120 cm³/mol. The maximum Gasteiger partial charge on any atom is 0.252 e. The Morgan fingerprint density at radius 3 is 2.27 bits per heavy atom. The van der Waals surface area contributed by atoms with Crippen LogP contribution in [0, 0.1) is 0 Å². The lowest BCUT2D eigenvalue weighted by Gasteiger charge is -2.15. The van der Waals surface area contributed by atoms with Crippen molar-refractivity contribution in [1.82, 2.24) is 10.3 Å². The fourth-order valence-electron chi connectivity index (χ4n) is 3.12. The topological polar surface area (TPSA) is 55.1 Å². The van der Waals surface area contributed by atoms with E-state index >= 15 is 0 Å². The third-order valence-corrected chi connectivity index (χ3v) is 5.26. The summed E-state index contributed by atoms with van der Waals surface area (Å²) in [6, 6.07) is 21.8. The van der Waals surface area contributed by atoms with E-state index in [0.29, 0.717) is 32.8 Å². The third-order valence-electron chi connectivity index (χ3n) is 4.75. The smallest absolute Gasteiger partial charge is 0.252 e. The van der Waals surface area contributed by atoms with Crippen LogP contribution in [0.1, 0.15) is 28.9 Å². The number of halogens is 2. The van der Waals surface area contributed by atoms with E-state index in [-0.39, 0.29) is 11.9 Å². The lowest BCUT2D eigenvalue weighted by Crippen LogP contribution is -2.27. The number of hydrogen-bond donors (Lipinski definition) is 1. The molecule has 1 amide bonds. The third kappa shape index (κ3) is 4.40. The Morgan fingerprint density at radius 2 is 1.57 bits per heavy atom. The first-order valence-electron chi connectivity index (χ1n) is 9.39. The van der Waals surface area contributed by atoms with Crippen LogP contribution in [0.3, 0.4) is 0 Å². The minimum atomic E-state index is -0.209. The van der Waals surface area contributed by atoms with Gasteiger partial charge in [0, 0.05) is 21.2 Å². The van der Waals surface area contributed by atoms with E-state index in [4.69, 9.17) is 27.6 Å². The molecular formula is C24H18Cl2N2O2. The van der Waals surface area contributed by atoms with E-state index in [0.717, 1.165) is 11.1 Å². The number of oxazole rings is 1. The zero-order chi connectivity index (χ0) is 21.1. The Kier molecular flexibility index (Phi) is 5.88. The fraction of sp³-hybridized carbons (Fsp3) is 0.0833. The van der Waals surface area contributed by atoms with Gasteiger partial charge in [-0.2, -0.15) is 0 Å². The molecule has 4 aromatic rings. The average molecular weight is 437 g/mol. The molecule has 0 aliphatic rings. The average Bonchev–Trinajstić information content (AvgIpc) is 3.25. The quantitative estimate of drug-likeness (QED) is 0.373. The van der Waals surface area contributed by atoms with Crippen molar-refractivity contribution >= 4 is 29.1 Å². The van der Waals surface area contributed by atoms with Crippen molar-refractivity contribution in [1.29, 1.82) is 0 Å². The largest absolute Gasteiger partial charge is 0.436 e. The fourth-order valence-corrected chi connectivity index (χ4v) is 3.38. The summed E-state index contributed by atoms with van der Waals surface area (Å²) in [5, 5.41) is 4.32. The summed E-state index contributed by atoms with van der Waals surface area (Å²) in [4.78, 5) is 17.4. The Balaban J connectivity index is 1.59. The van der Waals surface area contributed by atoms with Gasteiger partial charge in [-0.1, -0.05) is 47.5 Å². The van der Waals surface area contributed by atoms with E-state index < -0.39 is 0 Å². The first-order valence-corrected chi connectivity index (χ1v) is 10.1. The highest BCUT2D eigenvalue weighted by Gasteiger charge is 2.19. The number of nitrogens with zero attached hydrogens (tertiary/aromatic N) is 1. The van der Waals surface area contributed by atoms with Gasteiger partial charge < -0.3 is 9.73 Å². The molecule has 30 heavy (non-hydrogen) atoms. The van der Waals surface area contributed by atoms with E-state index in [2.05, 4.69) is 10.3 Å². The molecule has 0 saturated heterocycles. The number of carbonyl (C=O) groups excluding carboxylic acids is 1. The van der Waals surface area contributed by atoms with Crippen molar-refractivity contribution in [3.8, 4) is 22.8 Å². The second kappa shape index (κ2) is 8.74. The normalized spacial score (nSPS) is 11.8. The maximum atomic E-state index is 13.0. The molecular weight excluding hydrogens is 419 g/mol. The highest BCUT2D eigenvalue weighted by Crippen LogP contribution is 2.29. The van der Waals surface area contributed by atoms with Crippen LogP contribution in [0.5, 0.6) is 0 Å². The van der Waals surface area contributed by atoms with Crippen molar-refractivity contribution in [2.75, 3.05) is 0 Å². The molecule has 0 fully saturated rings. The van der Waals surface area contributed by atoms with Crippen molar-refractivity contribution in [3.63, 3.8) is 0 Å². The zero-order valence-corrected chi connectivity index (χ0v) is 17.6. The van der Waals surface area contributed by atoms with Gasteiger partial charge in [-0.3, -0.25) is 4.79 Å². The van der Waals surface area contributed by atoms with Crippen molar-refractivity contribution in [2.45, 2.75) is 13.0 Å². The molecule has 6 heteroatoms. The lowest BCUT2D eigenvalue weighted by atomic mass is 10.0. The number of rotatable bonds is 5. The highest BCUT2D eigenvalue weighted by atomic mass is 35.5. The van der Waals surface area contributed by atoms with Crippen molar-refractivity contribution in [2.24, 2.45) is 0 Å². The van der Waals surface area contributed by atoms with Crippen molar-refractivity contribution < 1.29 is 9.21 Å². The van der Waals surface area contributed by atoms with Gasteiger partial charge in [-0.25, -0.2) is 4.98 Å². The number of benzene rings is 3. The zero-order valence-electron chi connectivity index (χ0n) is 16.1. The molecule has 1 aromatic heterocycles. The molecule has 0 aliphatic heterocycles. The molecule has 1 atom stereocenters. The van der Waals surface area contributed by atoms with Crippen LogP contribution in [0.2, 0.25) is 10.0 Å². The van der Waals surface area contributed by atoms with Crippen molar-refractivity contribution in [3.05, 3.63) is 100 Å². The van der Waals surface area contributed by atoms with E-state index in [1.165, 1.54) is 0 Å². The summed E-state index contributed by atoms with van der Waals surface area (Å²) >= 11 is 11.9. The molecule has 4 rings (SSSR count). The number of amides is 1. The number of carbonyl (C=O) groups is 1. The summed E-state index contributed by atoms with van der Waals surface area (Å²) in [5.41, 5.74) is 2.93. The van der Waals surface area contributed by atoms with Gasteiger partial charge in [0.05, 0.1) is 17.8 Å². The molecule has 0 radical (unpaired) electrons. The van der Waals surface area contributed by atoms with Gasteiger partial charge in [-0.05, 0) is 61.0 Å². The van der Waals surface area contributed by atoms with Crippen LogP contribution in [0.4, 0.5) is 0 Å². The molecule has 1 heterocycles. The van der Waals surface area contributed by atoms with Gasteiger partial charge in [0.15, 0.2) is 5.76 Å². The van der Waals surface area contributed by atoms with E-state index in [9.17, 15) is 4.79 Å². The van der Waals surface area contributed by atoms with Crippen LogP contribution >= 0.6 is 23.2 Å². The molecule has 0 saturated carbocycles. The van der Waals surface area contributed by atoms with Gasteiger partial charge in [-0.15, -0.1) is 0 Å². The van der Waals surface area contributed by atoms with Crippen LogP contribution in [0.15, 0.2) is 83.4 Å². The Morgan fingerprint density at radius 1 is 0.933 bits per heavy atom. The standard InChI is InChI=1S/C24H18Cl2N2O2/c1-15(16-6-10-18(25)11-7-16)28-23(29)20-4-2-3-5-21(20)24-27-14-22(30-24)17-8-12-19(26)13-9-17/h2-15H,1H3,(H,28,29)/t15-/m1/s1. The second-order valence-electron chi connectivity index (χ2n) is 6.83. The Labute approximate surface area is 184 Å². The maximum absolute atomic E-state index is 13.0. The number of nitrogens with one attached hydrogen (secondary N) is 1. The van der Waals surface area contributed by atoms with Crippen LogP contribution < -0.4 is 5.32 Å². The molecule has 0 spiro atoms. The number of hydrogen-bond acceptors (Lipinski definition) is 3. The summed E-state index contributed by atoms with van der Waals surface area (Å²) in [5.74, 6) is 0.774. The Hall–Kier alpha value is -3.08. The monoisotopic (exact) mass is 436 g/mol. The first kappa shape index (κ1) is 20.2. The van der Waals surface area contributed by atoms with Gasteiger partial charge >= 0.3 is 0 Å². The number of aromatic nitrogens is 1. The summed E-state index contributed by atoms with van der Waals surface area (Å²) in [7, 11) is 0. The minimum Gasteiger partial charge on any atom is -0.436 e. The first-order chi connectivity index (χ1) is 14.5. The van der Waals surface area contributed by atoms with Crippen LogP contribution in [-0.4, -0.2) is 10.9 Å². The van der Waals surface area contributed by atoms with E-state index in [1.54, 1.807) is 36.5 Å². The molecule has 0 unspecified atom stereocenters. The minimum absolute atomic E-state index is 0.183. The summed E-state index contributed by atoms with van der Waals surface area (Å²) in [6.45, 7) is 1.92.